The summed E-state index contributed by atoms with van der Waals surface area (Å²) in [7, 11) is 3.80. The highest BCUT2D eigenvalue weighted by Crippen LogP contribution is 2.23. The summed E-state index contributed by atoms with van der Waals surface area (Å²) in [5.41, 5.74) is 7.40. The van der Waals surface area contributed by atoms with Crippen molar-refractivity contribution in [1.82, 2.24) is 56.9 Å². The normalized spacial score (nSPS) is 26.0. The van der Waals surface area contributed by atoms with Crippen LogP contribution in [0.2, 0.25) is 0 Å². The highest BCUT2D eigenvalue weighted by Gasteiger charge is 2.41. The van der Waals surface area contributed by atoms with Crippen LogP contribution in [-0.2, 0) is 59.1 Å². The van der Waals surface area contributed by atoms with Gasteiger partial charge in [-0.25, -0.2) is 4.79 Å². The number of fused-ring (bicyclic) bond motifs is 2. The number of unbranched alkanes of at least 4 members (excludes halogenated alkanes) is 2. The number of nitrogens with zero attached hydrogens (tertiary/aromatic N) is 3. The number of thiol groups is 1. The minimum absolute atomic E-state index is 0.00779. The quantitative estimate of drug-likeness (QED) is 0.0493. The molecule has 1 aromatic heterocycles. The number of carbonyl (C=O) groups is 10. The van der Waals surface area contributed by atoms with E-state index in [0.29, 0.717) is 63.1 Å². The van der Waals surface area contributed by atoms with E-state index in [-0.39, 0.29) is 69.4 Å². The van der Waals surface area contributed by atoms with E-state index in [1.165, 1.54) is 9.80 Å². The topological polar surface area (TPSA) is 316 Å². The van der Waals surface area contributed by atoms with Gasteiger partial charge in [0.1, 0.15) is 42.3 Å². The molecule has 9 amide bonds. The number of H-pyrrole nitrogens is 1. The number of aryl methyl sites for hydroxylation is 1. The van der Waals surface area contributed by atoms with E-state index in [9.17, 15) is 47.9 Å². The molecule has 406 valence electrons. The number of aromatic amines is 1. The molecule has 0 bridgehead atoms. The van der Waals surface area contributed by atoms with Gasteiger partial charge < -0.3 is 62.1 Å². The van der Waals surface area contributed by atoms with Crippen LogP contribution < -0.4 is 43.0 Å². The number of benzene rings is 1. The predicted octanol–water partition coefficient (Wildman–Crippen LogP) is -1.45. The molecule has 4 saturated heterocycles. The fourth-order valence-corrected chi connectivity index (χ4v) is 10.9. The number of primary amides is 1. The van der Waals surface area contributed by atoms with Crippen molar-refractivity contribution < 1.29 is 52.7 Å². The molecule has 0 radical (unpaired) electrons. The van der Waals surface area contributed by atoms with Gasteiger partial charge in [-0.15, -0.1) is 11.8 Å². The maximum absolute atomic E-state index is 14.4. The number of thioether (sulfide) groups is 1. The number of rotatable bonds is 17. The number of carbonyl (C=O) groups excluding carboxylic acids is 10. The van der Waals surface area contributed by atoms with Gasteiger partial charge in [0.2, 0.25) is 47.3 Å². The Kier molecular flexibility index (Phi) is 21.8. The van der Waals surface area contributed by atoms with E-state index in [1.807, 2.05) is 43.3 Å². The lowest BCUT2D eigenvalue weighted by Gasteiger charge is -2.30. The second kappa shape index (κ2) is 28.1. The first-order valence-corrected chi connectivity index (χ1v) is 27.3. The summed E-state index contributed by atoms with van der Waals surface area (Å²) >= 11 is 5.94. The molecule has 0 aliphatic carbocycles. The first-order chi connectivity index (χ1) is 35.5. The molecule has 5 heterocycles. The second-order valence-corrected chi connectivity index (χ2v) is 20.8. The third kappa shape index (κ3) is 16.0. The molecule has 6 rings (SSSR count). The van der Waals surface area contributed by atoms with E-state index >= 15 is 0 Å². The number of para-hydroxylation sites is 1. The predicted molar refractivity (Wildman–Crippen MR) is 278 cm³/mol. The molecule has 4 aliphatic heterocycles. The van der Waals surface area contributed by atoms with Crippen LogP contribution in [0.1, 0.15) is 82.6 Å². The Hall–Kier alpha value is -5.92. The molecule has 25 heteroatoms. The summed E-state index contributed by atoms with van der Waals surface area (Å²) in [5, 5.41) is 20.4. The fourth-order valence-electron chi connectivity index (χ4n) is 9.67. The Morgan fingerprint density at radius 2 is 1.50 bits per heavy atom. The van der Waals surface area contributed by atoms with E-state index in [0.717, 1.165) is 16.5 Å². The van der Waals surface area contributed by atoms with Crippen LogP contribution in [0, 0.1) is 0 Å². The van der Waals surface area contributed by atoms with Crippen LogP contribution in [0.4, 0.5) is 0 Å². The summed E-state index contributed by atoms with van der Waals surface area (Å²) < 4.78 is 5.62. The van der Waals surface area contributed by atoms with Crippen molar-refractivity contribution in [1.29, 1.82) is 0 Å². The number of hydrogen-bond acceptors (Lipinski definition) is 15. The summed E-state index contributed by atoms with van der Waals surface area (Å²) in [6.07, 6.45) is 4.67. The Bertz CT molecular complexity index is 2350. The number of ether oxygens (including phenoxy) is 1. The van der Waals surface area contributed by atoms with Crippen molar-refractivity contribution in [3.8, 4) is 0 Å². The molecular formula is C49H72N12O11S2. The van der Waals surface area contributed by atoms with Crippen LogP contribution in [-0.4, -0.2) is 191 Å². The standard InChI is InChI=1S/C49H72N12O11S2/c1-59(2)20-8-6-14-32-44(66)57-34(18-17-29-24-52-31-12-4-3-11-30(29)31)49(71)72-25-41(63)60-21-10-16-39(60)47(69)56-33(13-5-7-19-51-43(65)37-27-74-28-53-37)45(67)58-35(23-40(62)54-36(26-73)46(68)55-32)48(70)61-22-9-15-38(61)42(50)64/h3-4,11-12,24,32-39,52-53,73H,5-10,13-23,25-28H2,1-2H3,(H2,50,64)(H,51,65)(H,54,62)(H,55,68)(H,56,69)(H,57,66)(H,58,67)/t32-,33-,34-,35-,36-,37-,38-,39-/m0/s1. The van der Waals surface area contributed by atoms with Crippen LogP contribution in [0.15, 0.2) is 30.5 Å². The minimum Gasteiger partial charge on any atom is -0.454 e. The van der Waals surface area contributed by atoms with Gasteiger partial charge in [0, 0.05) is 54.1 Å². The van der Waals surface area contributed by atoms with Crippen molar-refractivity contribution >= 4 is 94.4 Å². The lowest BCUT2D eigenvalue weighted by Crippen LogP contribution is -2.59. The maximum Gasteiger partial charge on any atom is 0.329 e. The number of hydrogen-bond donors (Lipinski definition) is 10. The molecule has 8 atom stereocenters. The van der Waals surface area contributed by atoms with Crippen molar-refractivity contribution in [2.24, 2.45) is 5.73 Å². The molecule has 0 saturated carbocycles. The molecule has 4 aliphatic rings. The number of cyclic esters (lactones) is 1. The highest BCUT2D eigenvalue weighted by atomic mass is 32.2. The second-order valence-electron chi connectivity index (χ2n) is 19.5. The third-order valence-electron chi connectivity index (χ3n) is 13.8. The van der Waals surface area contributed by atoms with Crippen molar-refractivity contribution in [2.45, 2.75) is 132 Å². The zero-order valence-electron chi connectivity index (χ0n) is 42.1. The van der Waals surface area contributed by atoms with Crippen LogP contribution in [0.5, 0.6) is 0 Å². The summed E-state index contributed by atoms with van der Waals surface area (Å²) in [6, 6.07) is -1.68. The molecule has 23 nitrogen and oxygen atoms in total. The first kappa shape index (κ1) is 57.4. The first-order valence-electron chi connectivity index (χ1n) is 25.5. The third-order valence-corrected chi connectivity index (χ3v) is 15.1. The summed E-state index contributed by atoms with van der Waals surface area (Å²) in [5.74, 6) is -6.25. The molecule has 0 unspecified atom stereocenters. The van der Waals surface area contributed by atoms with Crippen molar-refractivity contribution in [2.75, 3.05) is 64.3 Å². The molecular weight excluding hydrogens is 997 g/mol. The number of amides is 9. The number of likely N-dealkylation sites (tertiary alicyclic amines) is 1. The summed E-state index contributed by atoms with van der Waals surface area (Å²) in [4.78, 5) is 146. The van der Waals surface area contributed by atoms with Crippen molar-refractivity contribution in [3.63, 3.8) is 0 Å². The van der Waals surface area contributed by atoms with Gasteiger partial charge in [0.25, 0.3) is 5.91 Å². The largest absolute Gasteiger partial charge is 0.454 e. The van der Waals surface area contributed by atoms with Gasteiger partial charge in [-0.1, -0.05) is 18.2 Å². The van der Waals surface area contributed by atoms with Crippen LogP contribution in [0.3, 0.4) is 0 Å². The van der Waals surface area contributed by atoms with Gasteiger partial charge in [-0.3, -0.25) is 48.5 Å². The molecule has 2 aromatic rings. The fraction of sp³-hybridized carbons (Fsp3) is 0.633. The minimum atomic E-state index is -1.62. The Balaban J connectivity index is 1.29. The number of nitrogens with one attached hydrogen (secondary N) is 8. The lowest BCUT2D eigenvalue weighted by molar-refractivity contribution is -0.156. The van der Waals surface area contributed by atoms with Gasteiger partial charge in [0.05, 0.1) is 12.5 Å². The molecule has 10 N–H and O–H groups in total. The average Bonchev–Trinajstić information content (AvgIpc) is 4.24. The summed E-state index contributed by atoms with van der Waals surface area (Å²) in [6.45, 7) is 0.407. The zero-order valence-corrected chi connectivity index (χ0v) is 43.8. The van der Waals surface area contributed by atoms with Crippen LogP contribution in [0.25, 0.3) is 10.9 Å². The monoisotopic (exact) mass is 1070 g/mol. The number of esters is 1. The Morgan fingerprint density at radius 1 is 0.811 bits per heavy atom. The molecule has 0 spiro atoms. The van der Waals surface area contributed by atoms with Crippen molar-refractivity contribution in [3.05, 3.63) is 36.0 Å². The number of aromatic nitrogens is 1. The van der Waals surface area contributed by atoms with E-state index < -0.39 is 109 Å². The Morgan fingerprint density at radius 3 is 2.22 bits per heavy atom. The SMILES string of the molecule is CN(C)CCCC[C@@H]1NC(=O)[C@H](CS)NC(=O)C[C@@H](C(=O)N2CCC[C@H]2C(N)=O)NC(=O)[C@H](CCCCNC(=O)[C@@H]2CSCN2)NC(=O)[C@@H]2CCCN2C(=O)COC(=O)[C@H](CCc2c[nH]c3ccccc23)NC1=O. The lowest BCUT2D eigenvalue weighted by atomic mass is 10.0. The average molecular weight is 1070 g/mol. The van der Waals surface area contributed by atoms with E-state index in [2.05, 4.69) is 54.8 Å². The highest BCUT2D eigenvalue weighted by molar-refractivity contribution is 7.99. The zero-order chi connectivity index (χ0) is 53.3. The van der Waals surface area contributed by atoms with E-state index in [1.54, 1.807) is 18.0 Å². The molecule has 1 aromatic carbocycles. The van der Waals surface area contributed by atoms with Gasteiger partial charge >= 0.3 is 5.97 Å². The van der Waals surface area contributed by atoms with Gasteiger partial charge in [-0.2, -0.15) is 12.6 Å². The number of nitrogens with two attached hydrogens (primary N) is 1. The van der Waals surface area contributed by atoms with E-state index in [4.69, 9.17) is 10.5 Å². The Labute approximate surface area is 440 Å². The molecule has 4 fully saturated rings. The van der Waals surface area contributed by atoms with Crippen LogP contribution >= 0.6 is 24.4 Å². The van der Waals surface area contributed by atoms with Gasteiger partial charge in [0.15, 0.2) is 6.61 Å². The molecule has 74 heavy (non-hydrogen) atoms. The smallest absolute Gasteiger partial charge is 0.329 e. The van der Waals surface area contributed by atoms with Gasteiger partial charge in [-0.05, 0) is 109 Å². The maximum atomic E-state index is 14.4.